The van der Waals surface area contributed by atoms with E-state index in [1.807, 2.05) is 13.0 Å². The van der Waals surface area contributed by atoms with E-state index in [4.69, 9.17) is 16.4 Å². The number of hydrogen-bond donors (Lipinski definition) is 1. The molecule has 0 aliphatic carbocycles. The highest BCUT2D eigenvalue weighted by Crippen LogP contribution is 2.11. The quantitative estimate of drug-likeness (QED) is 0.831. The van der Waals surface area contributed by atoms with E-state index in [2.05, 4.69) is 4.98 Å². The average Bonchev–Trinajstić information content (AvgIpc) is 2.05. The Kier molecular flexibility index (Phi) is 4.11. The first-order chi connectivity index (χ1) is 6.87. The minimum Gasteiger partial charge on any atom is -0.253 e. The van der Waals surface area contributed by atoms with Crippen LogP contribution in [-0.2, 0) is 16.1 Å². The van der Waals surface area contributed by atoms with Crippen LogP contribution >= 0.6 is 11.6 Å². The van der Waals surface area contributed by atoms with Crippen molar-refractivity contribution in [2.75, 3.05) is 12.0 Å². The molecule has 1 aromatic heterocycles. The monoisotopic (exact) mass is 246 g/mol. The molecule has 0 radical (unpaired) electrons. The van der Waals surface area contributed by atoms with E-state index in [0.717, 1.165) is 12.0 Å². The molecule has 0 bridgehead atoms. The highest BCUT2D eigenvalue weighted by Gasteiger charge is 2.08. The van der Waals surface area contributed by atoms with Crippen molar-refractivity contribution in [2.45, 2.75) is 13.3 Å². The molecule has 0 aliphatic rings. The zero-order valence-electron chi connectivity index (χ0n) is 8.87. The summed E-state index contributed by atoms with van der Waals surface area (Å²) in [5.74, 6) is 0.651. The molecule has 0 amide bonds. The molecule has 15 heavy (non-hydrogen) atoms. The molecule has 2 atom stereocenters. The van der Waals surface area contributed by atoms with E-state index in [0.29, 0.717) is 10.9 Å². The highest BCUT2D eigenvalue weighted by atomic mass is 35.5. The molecule has 2 unspecified atom stereocenters. The normalized spacial score (nSPS) is 17.0. The molecule has 5 heteroatoms. The lowest BCUT2D eigenvalue weighted by Crippen LogP contribution is -2.13. The fraction of sp³-hybridized carbons (Fsp3) is 0.500. The lowest BCUT2D eigenvalue weighted by molar-refractivity contribution is 0.626. The summed E-state index contributed by atoms with van der Waals surface area (Å²) in [5.41, 5.74) is 1.07. The van der Waals surface area contributed by atoms with Gasteiger partial charge in [0.15, 0.2) is 0 Å². The Hall–Kier alpha value is -0.610. The maximum atomic E-state index is 11.3. The van der Waals surface area contributed by atoms with Crippen LogP contribution in [0.5, 0.6) is 0 Å². The summed E-state index contributed by atoms with van der Waals surface area (Å²) in [5, 5.41) is 0.478. The molecule has 0 spiro atoms. The van der Waals surface area contributed by atoms with Gasteiger partial charge in [-0.25, -0.2) is 4.98 Å². The average molecular weight is 247 g/mol. The number of hydrogen-bond acceptors (Lipinski definition) is 3. The van der Waals surface area contributed by atoms with E-state index in [1.165, 1.54) is 6.26 Å². The molecule has 0 fully saturated rings. The zero-order chi connectivity index (χ0) is 11.5. The van der Waals surface area contributed by atoms with Gasteiger partial charge in [0.05, 0.1) is 0 Å². The Morgan fingerprint density at radius 3 is 2.73 bits per heavy atom. The summed E-state index contributed by atoms with van der Waals surface area (Å²) in [6.45, 7) is 1.99. The van der Waals surface area contributed by atoms with E-state index >= 15 is 0 Å². The van der Waals surface area contributed by atoms with Gasteiger partial charge in [0.1, 0.15) is 5.15 Å². The van der Waals surface area contributed by atoms with E-state index in [9.17, 15) is 4.21 Å². The molecular weight excluding hydrogens is 232 g/mol. The highest BCUT2D eigenvalue weighted by molar-refractivity contribution is 7.91. The summed E-state index contributed by atoms with van der Waals surface area (Å²) < 4.78 is 18.6. The third-order valence-corrected chi connectivity index (χ3v) is 3.40. The number of rotatable bonds is 4. The van der Waals surface area contributed by atoms with Crippen LogP contribution in [0.4, 0.5) is 0 Å². The molecule has 84 valence electrons. The van der Waals surface area contributed by atoms with Gasteiger partial charge in [-0.2, -0.15) is 0 Å². The largest absolute Gasteiger partial charge is 0.253 e. The van der Waals surface area contributed by atoms with Gasteiger partial charge in [-0.05, 0) is 24.0 Å². The van der Waals surface area contributed by atoms with Crippen LogP contribution in [0.1, 0.15) is 12.5 Å². The van der Waals surface area contributed by atoms with Crippen LogP contribution in [0, 0.1) is 10.7 Å². The van der Waals surface area contributed by atoms with Gasteiger partial charge in [0.25, 0.3) is 0 Å². The molecule has 1 N–H and O–H groups in total. The molecule has 0 saturated heterocycles. The van der Waals surface area contributed by atoms with Crippen molar-refractivity contribution in [1.29, 1.82) is 4.78 Å². The number of nitrogens with one attached hydrogen (secondary N) is 1. The topological polar surface area (TPSA) is 53.8 Å². The van der Waals surface area contributed by atoms with Crippen molar-refractivity contribution < 1.29 is 4.21 Å². The van der Waals surface area contributed by atoms with Crippen molar-refractivity contribution in [3.05, 3.63) is 29.0 Å². The summed E-state index contributed by atoms with van der Waals surface area (Å²) >= 11 is 5.67. The fourth-order valence-electron chi connectivity index (χ4n) is 1.53. The van der Waals surface area contributed by atoms with E-state index in [-0.39, 0.29) is 5.92 Å². The number of nitrogens with zero attached hydrogens (tertiary/aromatic N) is 1. The van der Waals surface area contributed by atoms with Gasteiger partial charge in [-0.3, -0.25) is 8.99 Å². The fourth-order valence-corrected chi connectivity index (χ4v) is 2.85. The van der Waals surface area contributed by atoms with E-state index in [1.54, 1.807) is 12.3 Å². The molecule has 3 nitrogen and oxygen atoms in total. The molecule has 0 saturated carbocycles. The molecule has 1 aromatic rings. The molecule has 0 aromatic carbocycles. The molecule has 1 rings (SSSR count). The minimum absolute atomic E-state index is 0.225. The zero-order valence-corrected chi connectivity index (χ0v) is 10.4. The van der Waals surface area contributed by atoms with Crippen LogP contribution in [-0.4, -0.2) is 21.2 Å². The lowest BCUT2D eigenvalue weighted by atomic mass is 10.1. The maximum absolute atomic E-state index is 11.3. The first-order valence-electron chi connectivity index (χ1n) is 4.69. The van der Waals surface area contributed by atoms with Crippen LogP contribution in [0.2, 0.25) is 5.15 Å². The van der Waals surface area contributed by atoms with Crippen molar-refractivity contribution in [2.24, 2.45) is 5.92 Å². The van der Waals surface area contributed by atoms with Crippen molar-refractivity contribution in [3.8, 4) is 0 Å². The summed E-state index contributed by atoms with van der Waals surface area (Å²) in [4.78, 5) is 3.98. The predicted octanol–water partition coefficient (Wildman–Crippen LogP) is 2.59. The Labute approximate surface area is 95.8 Å². The molecule has 0 aliphatic heterocycles. The second kappa shape index (κ2) is 4.94. The third kappa shape index (κ3) is 5.14. The predicted molar refractivity (Wildman–Crippen MR) is 63.8 cm³/mol. The van der Waals surface area contributed by atoms with Crippen molar-refractivity contribution >= 4 is 21.3 Å². The van der Waals surface area contributed by atoms with Gasteiger partial charge < -0.3 is 0 Å². The van der Waals surface area contributed by atoms with Crippen LogP contribution in [0.15, 0.2) is 18.3 Å². The minimum atomic E-state index is -2.40. The number of pyridine rings is 1. The molecular formula is C10H15ClN2OS. The first-order valence-corrected chi connectivity index (χ1v) is 7.20. The summed E-state index contributed by atoms with van der Waals surface area (Å²) in [7, 11) is -2.40. The smallest absolute Gasteiger partial charge is 0.129 e. The number of aromatic nitrogens is 1. The van der Waals surface area contributed by atoms with Crippen LogP contribution in [0.3, 0.4) is 0 Å². The Balaban J connectivity index is 2.59. The summed E-state index contributed by atoms with van der Waals surface area (Å²) in [6, 6.07) is 3.65. The van der Waals surface area contributed by atoms with Crippen LogP contribution < -0.4 is 0 Å². The van der Waals surface area contributed by atoms with Gasteiger partial charge in [-0.1, -0.05) is 24.6 Å². The SMILES string of the molecule is CC(Cc1ccc(Cl)nc1)CS(C)(=N)=O. The van der Waals surface area contributed by atoms with Crippen LogP contribution in [0.25, 0.3) is 0 Å². The standard InChI is InChI=1S/C10H15ClN2OS/c1-8(7-15(2,12)14)5-9-3-4-10(11)13-6-9/h3-4,6,8,12H,5,7H2,1-2H3. The van der Waals surface area contributed by atoms with Gasteiger partial charge >= 0.3 is 0 Å². The second-order valence-corrected chi connectivity index (χ2v) is 6.70. The second-order valence-electron chi connectivity index (χ2n) is 3.97. The van der Waals surface area contributed by atoms with Crippen molar-refractivity contribution in [3.63, 3.8) is 0 Å². The van der Waals surface area contributed by atoms with Crippen molar-refractivity contribution in [1.82, 2.24) is 4.98 Å². The Morgan fingerprint density at radius 2 is 2.27 bits per heavy atom. The Bertz CT molecular complexity index is 414. The lowest BCUT2D eigenvalue weighted by Gasteiger charge is -2.10. The first kappa shape index (κ1) is 12.5. The van der Waals surface area contributed by atoms with E-state index < -0.39 is 9.73 Å². The van der Waals surface area contributed by atoms with Gasteiger partial charge in [0, 0.05) is 27.9 Å². The summed E-state index contributed by atoms with van der Waals surface area (Å²) in [6.07, 6.45) is 3.98. The van der Waals surface area contributed by atoms with Gasteiger partial charge in [0.2, 0.25) is 0 Å². The number of halogens is 1. The molecule has 1 heterocycles. The van der Waals surface area contributed by atoms with Gasteiger partial charge in [-0.15, -0.1) is 0 Å². The maximum Gasteiger partial charge on any atom is 0.129 e. The Morgan fingerprint density at radius 1 is 1.60 bits per heavy atom. The third-order valence-electron chi connectivity index (χ3n) is 1.98.